The van der Waals surface area contributed by atoms with E-state index in [0.717, 1.165) is 22.7 Å². The summed E-state index contributed by atoms with van der Waals surface area (Å²) < 4.78 is 56.0. The van der Waals surface area contributed by atoms with Crippen molar-refractivity contribution in [3.05, 3.63) is 237 Å². The summed E-state index contributed by atoms with van der Waals surface area (Å²) in [6, 6.07) is 56.0. The van der Waals surface area contributed by atoms with Crippen LogP contribution in [0.15, 0.2) is 198 Å². The van der Waals surface area contributed by atoms with E-state index in [-0.39, 0.29) is 37.8 Å². The quantitative estimate of drug-likeness (QED) is 0.0249. The van der Waals surface area contributed by atoms with Gasteiger partial charge in [0.25, 0.3) is 11.5 Å². The molecule has 5 heterocycles. The molecule has 0 radical (unpaired) electrons. The smallest absolute Gasteiger partial charge is 0.330 e. The van der Waals surface area contributed by atoms with Crippen molar-refractivity contribution < 1.29 is 47.1 Å². The van der Waals surface area contributed by atoms with Gasteiger partial charge in [0, 0.05) is 42.8 Å². The number of nitrogens with zero attached hydrogens (tertiary/aromatic N) is 5. The van der Waals surface area contributed by atoms with E-state index in [0.29, 0.717) is 39.5 Å². The molecular weight excluding hydrogens is 1190 g/mol. The maximum atomic E-state index is 13.5. The molecule has 2 aliphatic rings. The molecule has 2 saturated heterocycles. The van der Waals surface area contributed by atoms with Crippen LogP contribution in [0.25, 0.3) is 11.2 Å². The number of imidazole rings is 1. The van der Waals surface area contributed by atoms with Gasteiger partial charge in [-0.25, -0.2) is 19.7 Å². The number of aromatic nitrogens is 6. The third-order valence-electron chi connectivity index (χ3n) is 16.0. The summed E-state index contributed by atoms with van der Waals surface area (Å²) in [5.74, 6) is 1.11. The second-order valence-electron chi connectivity index (χ2n) is 21.6. The monoisotopic (exact) mass is 1260 g/mol. The number of carbonyl (C=O) groups is 2. The van der Waals surface area contributed by atoms with Gasteiger partial charge in [-0.2, -0.15) is 0 Å². The number of anilines is 1. The maximum Gasteiger partial charge on any atom is 0.330 e. The van der Waals surface area contributed by atoms with Crippen molar-refractivity contribution in [3.8, 4) is 11.5 Å². The van der Waals surface area contributed by atoms with Crippen LogP contribution < -0.4 is 36.4 Å². The lowest BCUT2D eigenvalue weighted by atomic mass is 9.80. The topological polar surface area (TPSA) is 218 Å². The molecule has 2 aliphatic heterocycles. The van der Waals surface area contributed by atoms with Crippen LogP contribution in [0.2, 0.25) is 12.6 Å². The Kier molecular flexibility index (Phi) is 19.1. The Morgan fingerprint density at radius 1 is 0.727 bits per heavy atom. The van der Waals surface area contributed by atoms with Gasteiger partial charge in [0.15, 0.2) is 17.0 Å². The molecule has 23 heteroatoms. The van der Waals surface area contributed by atoms with Crippen molar-refractivity contribution >= 4 is 76.2 Å². The number of aromatic amines is 1. The molecule has 1 amide bonds. The Hall–Kier alpha value is -7.89. The van der Waals surface area contributed by atoms with Crippen molar-refractivity contribution in [1.29, 1.82) is 0 Å². The van der Waals surface area contributed by atoms with Gasteiger partial charge >= 0.3 is 11.7 Å². The SMILES string of the molecule is COc1ccc(C(OC[C@H]2O[C@@H](n3cnc4c(NC(=O)c5ccccc5)ncnc43)C[C@@H]2OP(=S)(OC[C@H]2O[C@@H](n3cc(C)c(=O)[nH]c3=O)C[C@@H]2OC(C)=O)SCC[Si](C)(c2ccccc2)c2ccccc2)(c2ccccc2)c2ccc(OC)cc2)cc1. The van der Waals surface area contributed by atoms with E-state index in [4.69, 9.17) is 54.3 Å². The van der Waals surface area contributed by atoms with Crippen LogP contribution in [0.4, 0.5) is 5.82 Å². The second-order valence-corrected chi connectivity index (χ2v) is 32.3. The van der Waals surface area contributed by atoms with E-state index < -0.39 is 73.5 Å². The van der Waals surface area contributed by atoms with Crippen molar-refractivity contribution in [2.24, 2.45) is 0 Å². The van der Waals surface area contributed by atoms with Crippen LogP contribution in [-0.2, 0) is 50.2 Å². The summed E-state index contributed by atoms with van der Waals surface area (Å²) in [4.78, 5) is 68.2. The number of hydrogen-bond acceptors (Lipinski definition) is 17. The van der Waals surface area contributed by atoms with E-state index in [1.165, 1.54) is 45.8 Å². The first-order valence-electron chi connectivity index (χ1n) is 28.7. The van der Waals surface area contributed by atoms with Gasteiger partial charge in [0.05, 0.1) is 39.9 Å². The number of aryl methyl sites for hydroxylation is 1. The molecule has 3 aromatic heterocycles. The summed E-state index contributed by atoms with van der Waals surface area (Å²) in [5, 5.41) is 5.41. The second kappa shape index (κ2) is 27.2. The van der Waals surface area contributed by atoms with E-state index in [1.54, 1.807) is 56.3 Å². The van der Waals surface area contributed by atoms with Crippen LogP contribution in [0, 0.1) is 6.92 Å². The van der Waals surface area contributed by atoms with Crippen LogP contribution in [0.5, 0.6) is 11.5 Å². The number of benzene rings is 6. The third-order valence-corrected chi connectivity index (χ3v) is 26.2. The fraction of sp³-hybridized carbons (Fsp3) is 0.277. The normalized spacial score (nSPS) is 19.2. The number of methoxy groups -OCH3 is 2. The average Bonchev–Trinajstić information content (AvgIpc) is 2.19. The number of ether oxygens (including phenoxy) is 6. The molecule has 6 aromatic carbocycles. The highest BCUT2D eigenvalue weighted by atomic mass is 32.9. The third kappa shape index (κ3) is 13.4. The molecule has 0 bridgehead atoms. The number of esters is 1. The van der Waals surface area contributed by atoms with E-state index in [2.05, 4.69) is 75.3 Å². The fourth-order valence-corrected chi connectivity index (χ4v) is 21.0. The molecule has 88 heavy (non-hydrogen) atoms. The minimum atomic E-state index is -3.59. The van der Waals surface area contributed by atoms with Crippen LogP contribution in [0.1, 0.15) is 64.8 Å². The first kappa shape index (κ1) is 61.7. The van der Waals surface area contributed by atoms with Crippen molar-refractivity contribution in [2.75, 3.05) is 38.5 Å². The highest BCUT2D eigenvalue weighted by Crippen LogP contribution is 2.64. The number of carbonyl (C=O) groups excluding carboxylic acids is 2. The van der Waals surface area contributed by atoms with E-state index >= 15 is 0 Å². The van der Waals surface area contributed by atoms with Crippen LogP contribution >= 0.6 is 17.1 Å². The first-order valence-corrected chi connectivity index (χ1v) is 35.6. The van der Waals surface area contributed by atoms with Crippen LogP contribution in [-0.4, -0.2) is 107 Å². The number of H-pyrrole nitrogens is 1. The van der Waals surface area contributed by atoms with Gasteiger partial charge < -0.3 is 42.8 Å². The molecule has 0 saturated carbocycles. The van der Waals surface area contributed by atoms with Gasteiger partial charge in [0.1, 0.15) is 62.3 Å². The average molecular weight is 1260 g/mol. The van der Waals surface area contributed by atoms with Crippen molar-refractivity contribution in [2.45, 2.75) is 81.8 Å². The highest BCUT2D eigenvalue weighted by Gasteiger charge is 2.47. The predicted molar refractivity (Wildman–Crippen MR) is 343 cm³/mol. The Balaban J connectivity index is 0.984. The Morgan fingerprint density at radius 2 is 1.27 bits per heavy atom. The molecule has 2 N–H and O–H groups in total. The van der Waals surface area contributed by atoms with Crippen molar-refractivity contribution in [3.63, 3.8) is 0 Å². The number of hydrogen-bond donors (Lipinski definition) is 2. The lowest BCUT2D eigenvalue weighted by Crippen LogP contribution is -2.55. The minimum Gasteiger partial charge on any atom is -0.497 e. The molecular formula is C65H66N7O12PS2Si. The molecule has 0 spiro atoms. The predicted octanol–water partition coefficient (Wildman–Crippen LogP) is 9.72. The van der Waals surface area contributed by atoms with Gasteiger partial charge in [-0.3, -0.25) is 28.5 Å². The molecule has 9 aromatic rings. The first-order chi connectivity index (χ1) is 42.7. The zero-order valence-corrected chi connectivity index (χ0v) is 52.5. The molecule has 7 atom stereocenters. The van der Waals surface area contributed by atoms with Gasteiger partial charge in [-0.05, 0) is 77.9 Å². The number of fused-ring (bicyclic) bond motifs is 1. The standard InChI is InChI=1S/C65H66N7O12PS2Si/c1-43-38-71(64(76)70-62(43)74)57-36-53(81-44(2)73)56(83-57)40-80-85(86,87-34-35-88(5,51-22-14-8-15-23-51)52-24-16-9-17-25-52)84-54-37-58(72-42-68-59-60(66-41-67-61(59)72)69-63(75)45-18-10-6-11-19-45)82-55(54)39-79-65(46-20-12-7-13-21-46,47-26-30-49(77-3)31-27-47)48-28-32-50(78-4)33-29-48/h6-33,38,41-42,53-58H,34-37,39-40H2,1-5H3,(H,70,74,76)(H,66,67,69,75)/t53-,54-,55+,56+,57+,58+,85?/m0/s1. The summed E-state index contributed by atoms with van der Waals surface area (Å²) in [7, 11) is 0.783. The molecule has 454 valence electrons. The summed E-state index contributed by atoms with van der Waals surface area (Å²) in [5.41, 5.74) is -2.19. The maximum absolute atomic E-state index is 13.5. The largest absolute Gasteiger partial charge is 0.497 e. The lowest BCUT2D eigenvalue weighted by molar-refractivity contribution is -0.150. The molecule has 0 aliphatic carbocycles. The van der Waals surface area contributed by atoms with Gasteiger partial charge in [-0.15, -0.1) is 0 Å². The number of nitrogens with one attached hydrogen (secondary N) is 2. The number of rotatable bonds is 24. The van der Waals surface area contributed by atoms with E-state index in [1.807, 2.05) is 97.1 Å². The zero-order valence-electron chi connectivity index (χ0n) is 49.0. The summed E-state index contributed by atoms with van der Waals surface area (Å²) in [6.07, 6.45) is -0.559. The van der Waals surface area contributed by atoms with E-state index in [9.17, 15) is 19.2 Å². The fourth-order valence-electron chi connectivity index (χ4n) is 11.4. The van der Waals surface area contributed by atoms with Gasteiger partial charge in [0.2, 0.25) is 5.69 Å². The zero-order chi connectivity index (χ0) is 61.4. The molecule has 19 nitrogen and oxygen atoms in total. The summed E-state index contributed by atoms with van der Waals surface area (Å²) >= 11 is 8.20. The van der Waals surface area contributed by atoms with Gasteiger partial charge in [-0.1, -0.05) is 162 Å². The molecule has 11 rings (SSSR count). The van der Waals surface area contributed by atoms with Crippen molar-refractivity contribution in [1.82, 2.24) is 29.1 Å². The summed E-state index contributed by atoms with van der Waals surface area (Å²) in [6.45, 7) is 4.97. The lowest BCUT2D eigenvalue weighted by Gasteiger charge is -2.37. The Bertz CT molecular complexity index is 3950. The van der Waals surface area contributed by atoms with Crippen LogP contribution in [0.3, 0.4) is 0 Å². The Labute approximate surface area is 518 Å². The Morgan fingerprint density at radius 3 is 1.86 bits per heavy atom. The highest BCUT2D eigenvalue weighted by molar-refractivity contribution is 8.67. The minimum absolute atomic E-state index is 0.0730. The molecule has 1 unspecified atom stereocenters. The molecule has 2 fully saturated rings. The number of amides is 1.